The standard InChI is InChI=1S/C19H20N4O4/c1-20-18(25)16-11-23(14-9-5-6-10-15(14)27-16)12-17(24)22-19(26)21-13-7-3-2-4-8-13/h2-10,16H,11-12H2,1H3,(H,20,25)(H2,21,22,24,26)/t16-/m1/s1. The molecule has 1 heterocycles. The molecule has 27 heavy (non-hydrogen) atoms. The Morgan fingerprint density at radius 3 is 2.52 bits per heavy atom. The van der Waals surface area contributed by atoms with Crippen LogP contribution in [0.1, 0.15) is 0 Å². The van der Waals surface area contributed by atoms with Crippen molar-refractivity contribution in [2.45, 2.75) is 6.10 Å². The van der Waals surface area contributed by atoms with Crippen LogP contribution in [0.15, 0.2) is 54.6 Å². The molecule has 1 aliphatic rings. The Labute approximate surface area is 156 Å². The molecule has 0 unspecified atom stereocenters. The van der Waals surface area contributed by atoms with E-state index in [1.54, 1.807) is 47.4 Å². The molecule has 8 heteroatoms. The number of anilines is 2. The molecule has 0 bridgehead atoms. The van der Waals surface area contributed by atoms with Crippen molar-refractivity contribution in [3.8, 4) is 5.75 Å². The van der Waals surface area contributed by atoms with Gasteiger partial charge in [-0.3, -0.25) is 14.9 Å². The molecule has 0 aromatic heterocycles. The van der Waals surface area contributed by atoms with Crippen LogP contribution in [-0.2, 0) is 9.59 Å². The molecular weight excluding hydrogens is 348 g/mol. The van der Waals surface area contributed by atoms with Gasteiger partial charge in [-0.25, -0.2) is 4.79 Å². The first-order valence-corrected chi connectivity index (χ1v) is 8.45. The molecule has 0 saturated carbocycles. The van der Waals surface area contributed by atoms with Gasteiger partial charge >= 0.3 is 6.03 Å². The van der Waals surface area contributed by atoms with Gasteiger partial charge in [0.25, 0.3) is 5.91 Å². The van der Waals surface area contributed by atoms with Gasteiger partial charge in [-0.2, -0.15) is 0 Å². The number of carbonyl (C=O) groups is 3. The molecule has 0 saturated heterocycles. The number of imide groups is 1. The van der Waals surface area contributed by atoms with Crippen LogP contribution < -0.4 is 25.6 Å². The first-order valence-electron chi connectivity index (χ1n) is 8.45. The number of likely N-dealkylation sites (N-methyl/N-ethyl adjacent to an activating group) is 1. The fraction of sp³-hybridized carbons (Fsp3) is 0.211. The van der Waals surface area contributed by atoms with Gasteiger partial charge in [0.1, 0.15) is 5.75 Å². The number of fused-ring (bicyclic) bond motifs is 1. The van der Waals surface area contributed by atoms with E-state index in [0.29, 0.717) is 17.1 Å². The zero-order valence-corrected chi connectivity index (χ0v) is 14.8. The van der Waals surface area contributed by atoms with Gasteiger partial charge in [0.2, 0.25) is 5.91 Å². The van der Waals surface area contributed by atoms with Gasteiger partial charge in [-0.05, 0) is 24.3 Å². The number of amides is 4. The Morgan fingerprint density at radius 2 is 1.78 bits per heavy atom. The highest BCUT2D eigenvalue weighted by Crippen LogP contribution is 2.32. The monoisotopic (exact) mass is 368 g/mol. The van der Waals surface area contributed by atoms with E-state index in [1.165, 1.54) is 7.05 Å². The molecule has 140 valence electrons. The fourth-order valence-electron chi connectivity index (χ4n) is 2.78. The Kier molecular flexibility index (Phi) is 5.55. The fourth-order valence-corrected chi connectivity index (χ4v) is 2.78. The van der Waals surface area contributed by atoms with Crippen LogP contribution in [0.2, 0.25) is 0 Å². The van der Waals surface area contributed by atoms with Crippen molar-refractivity contribution in [2.75, 3.05) is 30.4 Å². The van der Waals surface area contributed by atoms with Crippen molar-refractivity contribution in [1.82, 2.24) is 10.6 Å². The molecule has 3 N–H and O–H groups in total. The zero-order valence-electron chi connectivity index (χ0n) is 14.8. The maximum absolute atomic E-state index is 12.3. The lowest BCUT2D eigenvalue weighted by Crippen LogP contribution is -2.51. The summed E-state index contributed by atoms with van der Waals surface area (Å²) in [4.78, 5) is 38.0. The van der Waals surface area contributed by atoms with Crippen molar-refractivity contribution in [2.24, 2.45) is 0 Å². The highest BCUT2D eigenvalue weighted by atomic mass is 16.5. The average molecular weight is 368 g/mol. The predicted octanol–water partition coefficient (Wildman–Crippen LogP) is 1.35. The number of ether oxygens (including phenoxy) is 1. The summed E-state index contributed by atoms with van der Waals surface area (Å²) in [6.45, 7) is 0.112. The molecule has 1 atom stereocenters. The number of hydrogen-bond acceptors (Lipinski definition) is 5. The van der Waals surface area contributed by atoms with Crippen LogP contribution in [-0.4, -0.2) is 44.1 Å². The summed E-state index contributed by atoms with van der Waals surface area (Å²) < 4.78 is 5.69. The molecule has 0 fully saturated rings. The normalized spacial score (nSPS) is 15.1. The first-order chi connectivity index (χ1) is 13.1. The number of hydrogen-bond donors (Lipinski definition) is 3. The molecular formula is C19H20N4O4. The summed E-state index contributed by atoms with van der Waals surface area (Å²) in [6, 6.07) is 15.3. The minimum Gasteiger partial charge on any atom is -0.477 e. The second-order valence-electron chi connectivity index (χ2n) is 5.94. The highest BCUT2D eigenvalue weighted by Gasteiger charge is 2.31. The third-order valence-corrected chi connectivity index (χ3v) is 4.02. The second kappa shape index (κ2) is 8.22. The Morgan fingerprint density at radius 1 is 1.07 bits per heavy atom. The van der Waals surface area contributed by atoms with Gasteiger partial charge in [0.15, 0.2) is 6.10 Å². The minimum absolute atomic E-state index is 0.0872. The van der Waals surface area contributed by atoms with Crippen molar-refractivity contribution < 1.29 is 19.1 Å². The molecule has 2 aromatic carbocycles. The summed E-state index contributed by atoms with van der Waals surface area (Å²) in [5.74, 6) is -0.258. The van der Waals surface area contributed by atoms with Crippen LogP contribution in [0, 0.1) is 0 Å². The zero-order chi connectivity index (χ0) is 19.2. The summed E-state index contributed by atoms with van der Waals surface area (Å²) >= 11 is 0. The Hall–Kier alpha value is -3.55. The molecule has 4 amide bonds. The van der Waals surface area contributed by atoms with Gasteiger partial charge in [-0.1, -0.05) is 30.3 Å². The molecule has 3 rings (SSSR count). The lowest BCUT2D eigenvalue weighted by atomic mass is 10.1. The van der Waals surface area contributed by atoms with Crippen molar-refractivity contribution in [1.29, 1.82) is 0 Å². The van der Waals surface area contributed by atoms with Crippen molar-refractivity contribution in [3.05, 3.63) is 54.6 Å². The SMILES string of the molecule is CNC(=O)[C@H]1CN(CC(=O)NC(=O)Nc2ccccc2)c2ccccc2O1. The summed E-state index contributed by atoms with van der Waals surface area (Å²) in [7, 11) is 1.52. The molecule has 1 aliphatic heterocycles. The van der Waals surface area contributed by atoms with Crippen molar-refractivity contribution in [3.63, 3.8) is 0 Å². The van der Waals surface area contributed by atoms with E-state index in [9.17, 15) is 14.4 Å². The third kappa shape index (κ3) is 4.55. The van der Waals surface area contributed by atoms with E-state index in [4.69, 9.17) is 4.74 Å². The van der Waals surface area contributed by atoms with E-state index >= 15 is 0 Å². The Bertz CT molecular complexity index is 841. The smallest absolute Gasteiger partial charge is 0.325 e. The van der Waals surface area contributed by atoms with E-state index in [-0.39, 0.29) is 19.0 Å². The quantitative estimate of drug-likeness (QED) is 0.756. The third-order valence-electron chi connectivity index (χ3n) is 4.02. The number of rotatable bonds is 4. The van der Waals surface area contributed by atoms with Gasteiger partial charge in [0, 0.05) is 12.7 Å². The summed E-state index contributed by atoms with van der Waals surface area (Å²) in [6.07, 6.45) is -0.740. The van der Waals surface area contributed by atoms with Gasteiger partial charge in [0.05, 0.1) is 18.8 Å². The highest BCUT2D eigenvalue weighted by molar-refractivity contribution is 6.02. The molecule has 0 spiro atoms. The number of urea groups is 1. The van der Waals surface area contributed by atoms with Crippen LogP contribution in [0.5, 0.6) is 5.75 Å². The van der Waals surface area contributed by atoms with Gasteiger partial charge in [-0.15, -0.1) is 0 Å². The lowest BCUT2D eigenvalue weighted by molar-refractivity contribution is -0.127. The van der Waals surface area contributed by atoms with E-state index in [2.05, 4.69) is 16.0 Å². The minimum atomic E-state index is -0.740. The summed E-state index contributed by atoms with van der Waals surface area (Å²) in [5.41, 5.74) is 1.27. The maximum atomic E-state index is 12.3. The van der Waals surface area contributed by atoms with Crippen LogP contribution >= 0.6 is 0 Å². The largest absolute Gasteiger partial charge is 0.477 e. The number of para-hydroxylation sites is 3. The van der Waals surface area contributed by atoms with Crippen LogP contribution in [0.25, 0.3) is 0 Å². The second-order valence-corrected chi connectivity index (χ2v) is 5.94. The van der Waals surface area contributed by atoms with E-state index < -0.39 is 18.0 Å². The number of benzene rings is 2. The maximum Gasteiger partial charge on any atom is 0.325 e. The number of nitrogens with one attached hydrogen (secondary N) is 3. The molecule has 2 aromatic rings. The van der Waals surface area contributed by atoms with Crippen molar-refractivity contribution >= 4 is 29.2 Å². The number of carbonyl (C=O) groups excluding carboxylic acids is 3. The molecule has 0 radical (unpaired) electrons. The number of nitrogens with zero attached hydrogens (tertiary/aromatic N) is 1. The van der Waals surface area contributed by atoms with E-state index in [0.717, 1.165) is 0 Å². The average Bonchev–Trinajstić information content (AvgIpc) is 2.67. The topological polar surface area (TPSA) is 99.8 Å². The molecule has 8 nitrogen and oxygen atoms in total. The van der Waals surface area contributed by atoms with Gasteiger partial charge < -0.3 is 20.3 Å². The predicted molar refractivity (Wildman–Crippen MR) is 101 cm³/mol. The van der Waals surface area contributed by atoms with Crippen LogP contribution in [0.3, 0.4) is 0 Å². The summed E-state index contributed by atoms with van der Waals surface area (Å²) in [5, 5.41) is 7.42. The van der Waals surface area contributed by atoms with E-state index in [1.807, 2.05) is 12.1 Å². The van der Waals surface area contributed by atoms with Crippen LogP contribution in [0.4, 0.5) is 16.2 Å². The lowest BCUT2D eigenvalue weighted by Gasteiger charge is -2.34. The first kappa shape index (κ1) is 18.2. The Balaban J connectivity index is 1.65. The molecule has 0 aliphatic carbocycles.